The van der Waals surface area contributed by atoms with Crippen LogP contribution in [-0.4, -0.2) is 17.7 Å². The highest BCUT2D eigenvalue weighted by atomic mass is 19.3. The zero-order valence-corrected chi connectivity index (χ0v) is 7.71. The van der Waals surface area contributed by atoms with Gasteiger partial charge in [0.2, 0.25) is 0 Å². The topological polar surface area (TPSA) is 43.4 Å². The second-order valence-electron chi connectivity index (χ2n) is 3.22. The first-order chi connectivity index (χ1) is 6.92. The van der Waals surface area contributed by atoms with E-state index in [0.29, 0.717) is 0 Å². The number of Topliss-reactive ketones (excluding diaryl/α,β-unsaturated/α-hetero) is 2. The maximum absolute atomic E-state index is 12.8. The summed E-state index contributed by atoms with van der Waals surface area (Å²) >= 11 is 0. The Hall–Kier alpha value is -1.78. The van der Waals surface area contributed by atoms with Gasteiger partial charge in [-0.3, -0.25) is 9.59 Å². The van der Waals surface area contributed by atoms with Crippen molar-refractivity contribution in [3.63, 3.8) is 0 Å². The van der Waals surface area contributed by atoms with Crippen molar-refractivity contribution in [1.29, 1.82) is 0 Å². The van der Waals surface area contributed by atoms with Crippen LogP contribution in [-0.2, 0) is 0 Å². The third-order valence-corrected chi connectivity index (χ3v) is 2.13. The third kappa shape index (κ3) is 1.40. The van der Waals surface area contributed by atoms with E-state index in [1.807, 2.05) is 0 Å². The number of rotatable bonds is 1. The van der Waals surface area contributed by atoms with E-state index in [1.54, 1.807) is 0 Å². The number of ether oxygens (including phenoxy) is 1. The minimum absolute atomic E-state index is 0.185. The predicted molar refractivity (Wildman–Crippen MR) is 46.4 cm³/mol. The molecule has 78 valence electrons. The van der Waals surface area contributed by atoms with Crippen molar-refractivity contribution in [2.45, 2.75) is 13.0 Å². The van der Waals surface area contributed by atoms with E-state index in [4.69, 9.17) is 0 Å². The van der Waals surface area contributed by atoms with Gasteiger partial charge < -0.3 is 4.74 Å². The smallest absolute Gasteiger partial charge is 0.426 e. The Morgan fingerprint density at radius 2 is 2.07 bits per heavy atom. The van der Waals surface area contributed by atoms with Gasteiger partial charge in [-0.25, -0.2) is 0 Å². The first-order valence-electron chi connectivity index (χ1n) is 4.18. The molecule has 0 radical (unpaired) electrons. The molecule has 1 aromatic rings. The first-order valence-corrected chi connectivity index (χ1v) is 4.18. The van der Waals surface area contributed by atoms with E-state index in [9.17, 15) is 18.4 Å². The average molecular weight is 212 g/mol. The number of carbonyl (C=O) groups is 2. The number of halogens is 2. The molecule has 0 spiro atoms. The Balaban J connectivity index is 2.54. The van der Waals surface area contributed by atoms with Crippen LogP contribution < -0.4 is 4.74 Å². The van der Waals surface area contributed by atoms with Crippen LogP contribution in [0.5, 0.6) is 5.75 Å². The zero-order valence-electron chi connectivity index (χ0n) is 7.71. The van der Waals surface area contributed by atoms with Crippen molar-refractivity contribution < 1.29 is 23.1 Å². The molecule has 0 fully saturated rings. The molecule has 0 saturated carbocycles. The Kier molecular flexibility index (Phi) is 1.86. The van der Waals surface area contributed by atoms with Gasteiger partial charge in [-0.15, -0.1) is 0 Å². The van der Waals surface area contributed by atoms with Crippen molar-refractivity contribution >= 4 is 11.6 Å². The van der Waals surface area contributed by atoms with E-state index in [0.717, 1.165) is 6.07 Å². The lowest BCUT2D eigenvalue weighted by Gasteiger charge is -2.04. The molecule has 3 nitrogen and oxygen atoms in total. The van der Waals surface area contributed by atoms with Crippen LogP contribution >= 0.6 is 0 Å². The van der Waals surface area contributed by atoms with Crippen LogP contribution in [0.25, 0.3) is 0 Å². The summed E-state index contributed by atoms with van der Waals surface area (Å²) in [6.07, 6.45) is -3.81. The molecule has 0 aromatic heterocycles. The van der Waals surface area contributed by atoms with Crippen LogP contribution in [0.2, 0.25) is 0 Å². The zero-order chi connectivity index (χ0) is 11.2. The van der Waals surface area contributed by atoms with Crippen molar-refractivity contribution in [3.8, 4) is 5.75 Å². The number of ketones is 2. The number of benzene rings is 1. The largest absolute Gasteiger partial charge is 0.466 e. The van der Waals surface area contributed by atoms with E-state index in [2.05, 4.69) is 4.74 Å². The molecule has 5 heteroatoms. The van der Waals surface area contributed by atoms with Gasteiger partial charge in [0.1, 0.15) is 5.75 Å². The van der Waals surface area contributed by atoms with Crippen LogP contribution in [0.3, 0.4) is 0 Å². The lowest BCUT2D eigenvalue weighted by atomic mass is 10.1. The summed E-state index contributed by atoms with van der Waals surface area (Å²) in [6.45, 7) is 1.29. The fraction of sp³-hybridized carbons (Fsp3) is 0.200. The lowest BCUT2D eigenvalue weighted by molar-refractivity contribution is -0.123. The molecule has 0 N–H and O–H groups in total. The Morgan fingerprint density at radius 1 is 1.40 bits per heavy atom. The van der Waals surface area contributed by atoms with Crippen LogP contribution in [0.1, 0.15) is 27.6 Å². The highest BCUT2D eigenvalue weighted by Gasteiger charge is 2.50. The van der Waals surface area contributed by atoms with Crippen molar-refractivity contribution in [1.82, 2.24) is 0 Å². The molecule has 0 unspecified atom stereocenters. The molecule has 1 aromatic carbocycles. The van der Waals surface area contributed by atoms with E-state index in [-0.39, 0.29) is 22.7 Å². The van der Waals surface area contributed by atoms with Gasteiger partial charge in [-0.2, -0.15) is 8.78 Å². The van der Waals surface area contributed by atoms with Crippen LogP contribution in [0.15, 0.2) is 18.2 Å². The number of hydrogen-bond acceptors (Lipinski definition) is 3. The number of alkyl halides is 2. The van der Waals surface area contributed by atoms with Gasteiger partial charge in [0.05, 0.1) is 5.56 Å². The van der Waals surface area contributed by atoms with Gasteiger partial charge >= 0.3 is 6.11 Å². The summed E-state index contributed by atoms with van der Waals surface area (Å²) in [7, 11) is 0. The summed E-state index contributed by atoms with van der Waals surface area (Å²) in [5.74, 6) is -1.88. The Bertz CT molecular complexity index is 466. The van der Waals surface area contributed by atoms with Gasteiger partial charge in [0, 0.05) is 5.56 Å². The van der Waals surface area contributed by atoms with E-state index >= 15 is 0 Å². The molecular weight excluding hydrogens is 206 g/mol. The molecule has 0 aliphatic carbocycles. The van der Waals surface area contributed by atoms with Crippen molar-refractivity contribution in [2.24, 2.45) is 0 Å². The monoisotopic (exact) mass is 212 g/mol. The van der Waals surface area contributed by atoms with Crippen LogP contribution in [0.4, 0.5) is 8.78 Å². The van der Waals surface area contributed by atoms with Crippen molar-refractivity contribution in [3.05, 3.63) is 29.3 Å². The highest BCUT2D eigenvalue weighted by Crippen LogP contribution is 2.37. The molecule has 1 aliphatic heterocycles. The molecule has 0 bridgehead atoms. The third-order valence-electron chi connectivity index (χ3n) is 2.13. The number of fused-ring (bicyclic) bond motifs is 1. The van der Waals surface area contributed by atoms with E-state index in [1.165, 1.54) is 19.1 Å². The molecule has 0 atom stereocenters. The first kappa shape index (κ1) is 9.76. The summed E-state index contributed by atoms with van der Waals surface area (Å²) in [4.78, 5) is 22.1. The predicted octanol–water partition coefficient (Wildman–Crippen LogP) is 2.06. The number of hydrogen-bond donors (Lipinski definition) is 0. The van der Waals surface area contributed by atoms with Gasteiger partial charge in [-0.05, 0) is 25.1 Å². The molecule has 0 saturated heterocycles. The summed E-state index contributed by atoms with van der Waals surface area (Å²) in [5, 5.41) is 0. The SMILES string of the molecule is CC(=O)c1ccc2c(c1)C(=O)C(F)(F)O2. The second kappa shape index (κ2) is 2.85. The second-order valence-corrected chi connectivity index (χ2v) is 3.22. The molecular formula is C10H6F2O3. The Labute approximate surface area is 83.7 Å². The fourth-order valence-corrected chi connectivity index (χ4v) is 1.36. The quantitative estimate of drug-likeness (QED) is 0.669. The van der Waals surface area contributed by atoms with Gasteiger partial charge in [0.15, 0.2) is 5.78 Å². The average Bonchev–Trinajstić information content (AvgIpc) is 2.37. The molecule has 0 amide bonds. The molecule has 1 aliphatic rings. The standard InChI is InChI=1S/C10H6F2O3/c1-5(13)6-2-3-8-7(4-6)9(14)10(11,12)15-8/h2-4H,1H3. The number of carbonyl (C=O) groups excluding carboxylic acids is 2. The maximum Gasteiger partial charge on any atom is 0.466 e. The van der Waals surface area contributed by atoms with E-state index < -0.39 is 11.9 Å². The van der Waals surface area contributed by atoms with Crippen molar-refractivity contribution in [2.75, 3.05) is 0 Å². The maximum atomic E-state index is 12.8. The summed E-state index contributed by atoms with van der Waals surface area (Å²) in [5.41, 5.74) is -0.0314. The lowest BCUT2D eigenvalue weighted by Crippen LogP contribution is -2.28. The fourth-order valence-electron chi connectivity index (χ4n) is 1.36. The summed E-state index contributed by atoms with van der Waals surface area (Å²) in [6, 6.07) is 3.67. The summed E-state index contributed by atoms with van der Waals surface area (Å²) < 4.78 is 29.8. The normalized spacial score (nSPS) is 17.1. The molecule has 15 heavy (non-hydrogen) atoms. The van der Waals surface area contributed by atoms with Gasteiger partial charge in [0.25, 0.3) is 5.78 Å². The van der Waals surface area contributed by atoms with Gasteiger partial charge in [-0.1, -0.05) is 0 Å². The minimum atomic E-state index is -3.81. The molecule has 1 heterocycles. The highest BCUT2D eigenvalue weighted by molar-refractivity contribution is 6.07. The minimum Gasteiger partial charge on any atom is -0.426 e. The van der Waals surface area contributed by atoms with Crippen LogP contribution in [0, 0.1) is 0 Å². The Morgan fingerprint density at radius 3 is 2.67 bits per heavy atom. The molecule has 2 rings (SSSR count).